The number of esters is 1. The largest absolute Gasteiger partial charge is 0.471 e. The van der Waals surface area contributed by atoms with Gasteiger partial charge in [0.1, 0.15) is 23.9 Å². The second-order valence-electron chi connectivity index (χ2n) is 12.0. The van der Waals surface area contributed by atoms with Gasteiger partial charge in [0.2, 0.25) is 11.8 Å². The molecule has 4 heterocycles. The molecule has 6 rings (SSSR count). The molecule has 2 aliphatic heterocycles. The molecule has 0 aliphatic carbocycles. The molecule has 0 unspecified atom stereocenters. The standard InChI is InChI=1S/C33H35N5O4S/c1-33(2,3)28-30(39)38-18-23(17-26(38)31(40)41-4)42-29-27(35-24-14-7-8-15-25(24)36-29)21-12-9-11-20(16-21)10-5-6-13-22-19-43-32(34-22)37-28/h5,7-12,14-16,19,23,26,28H,6,13,17-18H2,1-4H3,(H,34,37)/b10-5+/t23-,26+,28-/m1/s1. The Bertz CT molecular complexity index is 1690. The van der Waals surface area contributed by atoms with Crippen LogP contribution in [0, 0.1) is 5.41 Å². The number of para-hydroxylation sites is 2. The van der Waals surface area contributed by atoms with Crippen LogP contribution in [0.4, 0.5) is 5.13 Å². The summed E-state index contributed by atoms with van der Waals surface area (Å²) in [5.41, 5.74) is 4.45. The van der Waals surface area contributed by atoms with Gasteiger partial charge >= 0.3 is 5.97 Å². The first kappa shape index (κ1) is 28.8. The predicted molar refractivity (Wildman–Crippen MR) is 168 cm³/mol. The summed E-state index contributed by atoms with van der Waals surface area (Å²) in [4.78, 5) is 43.4. The topological polar surface area (TPSA) is 107 Å². The number of amides is 1. The van der Waals surface area contributed by atoms with Crippen molar-refractivity contribution in [1.29, 1.82) is 0 Å². The van der Waals surface area contributed by atoms with Crippen molar-refractivity contribution in [3.05, 3.63) is 71.2 Å². The van der Waals surface area contributed by atoms with Crippen molar-refractivity contribution in [3.8, 4) is 17.1 Å². The van der Waals surface area contributed by atoms with Crippen LogP contribution in [0.15, 0.2) is 60.0 Å². The molecular weight excluding hydrogens is 562 g/mol. The number of ether oxygens (including phenoxy) is 2. The lowest BCUT2D eigenvalue weighted by molar-refractivity contribution is -0.151. The molecule has 9 nitrogen and oxygen atoms in total. The second-order valence-corrected chi connectivity index (χ2v) is 12.9. The van der Waals surface area contributed by atoms with Crippen molar-refractivity contribution in [3.63, 3.8) is 0 Å². The molecule has 6 bridgehead atoms. The Morgan fingerprint density at radius 1 is 1.09 bits per heavy atom. The quantitative estimate of drug-likeness (QED) is 0.276. The fourth-order valence-electron chi connectivity index (χ4n) is 5.56. The van der Waals surface area contributed by atoms with Crippen molar-refractivity contribution in [2.45, 2.75) is 58.2 Å². The van der Waals surface area contributed by atoms with Gasteiger partial charge in [0, 0.05) is 17.4 Å². The second kappa shape index (κ2) is 11.8. The van der Waals surface area contributed by atoms with Crippen LogP contribution in [0.25, 0.3) is 28.4 Å². The van der Waals surface area contributed by atoms with E-state index in [2.05, 4.69) is 29.6 Å². The minimum Gasteiger partial charge on any atom is -0.471 e. The van der Waals surface area contributed by atoms with Crippen LogP contribution in [0.3, 0.4) is 0 Å². The summed E-state index contributed by atoms with van der Waals surface area (Å²) >= 11 is 1.48. The molecule has 2 aliphatic rings. The molecule has 0 spiro atoms. The Morgan fingerprint density at radius 2 is 1.88 bits per heavy atom. The van der Waals surface area contributed by atoms with Crippen molar-refractivity contribution in [2.75, 3.05) is 19.0 Å². The number of methoxy groups -OCH3 is 1. The minimum absolute atomic E-state index is 0.201. The highest BCUT2D eigenvalue weighted by Crippen LogP contribution is 2.34. The summed E-state index contributed by atoms with van der Waals surface area (Å²) in [6, 6.07) is 14.3. The fourth-order valence-corrected chi connectivity index (χ4v) is 6.34. The number of carbonyl (C=O) groups excluding carboxylic acids is 2. The van der Waals surface area contributed by atoms with Gasteiger partial charge in [0.15, 0.2) is 5.13 Å². The number of aryl methyl sites for hydroxylation is 1. The van der Waals surface area contributed by atoms with E-state index in [9.17, 15) is 9.59 Å². The Morgan fingerprint density at radius 3 is 2.65 bits per heavy atom. The van der Waals surface area contributed by atoms with Crippen LogP contribution in [0.2, 0.25) is 0 Å². The number of carbonyl (C=O) groups is 2. The normalized spacial score (nSPS) is 21.5. The first-order chi connectivity index (χ1) is 20.7. The highest BCUT2D eigenvalue weighted by atomic mass is 32.1. The smallest absolute Gasteiger partial charge is 0.328 e. The van der Waals surface area contributed by atoms with E-state index in [4.69, 9.17) is 24.4 Å². The van der Waals surface area contributed by atoms with E-state index in [1.54, 1.807) is 4.90 Å². The van der Waals surface area contributed by atoms with E-state index in [1.165, 1.54) is 18.4 Å². The molecule has 1 N–H and O–H groups in total. The Balaban J connectivity index is 1.45. The zero-order valence-electron chi connectivity index (χ0n) is 24.7. The molecule has 222 valence electrons. The molecule has 10 heteroatoms. The molecule has 43 heavy (non-hydrogen) atoms. The maximum absolute atomic E-state index is 14.2. The van der Waals surface area contributed by atoms with Crippen LogP contribution >= 0.6 is 11.3 Å². The third-order valence-electron chi connectivity index (χ3n) is 7.81. The Hall–Kier alpha value is -4.31. The van der Waals surface area contributed by atoms with E-state index >= 15 is 0 Å². The molecule has 2 aromatic carbocycles. The van der Waals surface area contributed by atoms with Crippen LogP contribution in [-0.4, -0.2) is 63.6 Å². The van der Waals surface area contributed by atoms with Crippen LogP contribution in [0.1, 0.15) is 44.9 Å². The monoisotopic (exact) mass is 597 g/mol. The maximum atomic E-state index is 14.2. The lowest BCUT2D eigenvalue weighted by Gasteiger charge is -2.35. The van der Waals surface area contributed by atoms with Crippen molar-refractivity contribution in [2.24, 2.45) is 5.41 Å². The van der Waals surface area contributed by atoms with Gasteiger partial charge in [0.05, 0.1) is 30.4 Å². The number of benzene rings is 2. The van der Waals surface area contributed by atoms with Gasteiger partial charge in [0.25, 0.3) is 0 Å². The number of rotatable bonds is 1. The molecule has 0 saturated carbocycles. The van der Waals surface area contributed by atoms with Gasteiger partial charge in [-0.25, -0.2) is 19.7 Å². The van der Waals surface area contributed by atoms with Crippen LogP contribution in [-0.2, 0) is 20.7 Å². The Kier molecular flexibility index (Phi) is 7.87. The number of anilines is 1. The Labute approximate surface area is 255 Å². The lowest BCUT2D eigenvalue weighted by atomic mass is 9.85. The van der Waals surface area contributed by atoms with Gasteiger partial charge in [-0.3, -0.25) is 4.79 Å². The summed E-state index contributed by atoms with van der Waals surface area (Å²) in [5, 5.41) is 6.09. The molecular formula is C33H35N5O4S. The number of hydrogen-bond donors (Lipinski definition) is 1. The van der Waals surface area contributed by atoms with Crippen molar-refractivity contribution in [1.82, 2.24) is 19.9 Å². The highest BCUT2D eigenvalue weighted by molar-refractivity contribution is 7.13. The van der Waals surface area contributed by atoms with Gasteiger partial charge in [-0.15, -0.1) is 11.3 Å². The average molecular weight is 598 g/mol. The third-order valence-corrected chi connectivity index (χ3v) is 8.63. The van der Waals surface area contributed by atoms with E-state index < -0.39 is 29.6 Å². The highest BCUT2D eigenvalue weighted by Gasteiger charge is 2.46. The van der Waals surface area contributed by atoms with Gasteiger partial charge in [-0.1, -0.05) is 63.3 Å². The van der Waals surface area contributed by atoms with Crippen LogP contribution < -0.4 is 10.1 Å². The summed E-state index contributed by atoms with van der Waals surface area (Å²) in [5.74, 6) is -0.319. The lowest BCUT2D eigenvalue weighted by Crippen LogP contribution is -2.52. The first-order valence-corrected chi connectivity index (χ1v) is 15.4. The van der Waals surface area contributed by atoms with E-state index in [1.807, 2.05) is 62.5 Å². The van der Waals surface area contributed by atoms with Crippen LogP contribution in [0.5, 0.6) is 5.88 Å². The van der Waals surface area contributed by atoms with Crippen molar-refractivity contribution >= 4 is 45.5 Å². The average Bonchev–Trinajstić information content (AvgIpc) is 3.63. The van der Waals surface area contributed by atoms with Crippen molar-refractivity contribution < 1.29 is 19.1 Å². The fraction of sp³-hybridized carbons (Fsp3) is 0.364. The minimum atomic E-state index is -0.795. The van der Waals surface area contributed by atoms with Gasteiger partial charge < -0.3 is 19.7 Å². The number of nitrogens with zero attached hydrogens (tertiary/aromatic N) is 4. The van der Waals surface area contributed by atoms with E-state index in [0.29, 0.717) is 22.2 Å². The molecule has 2 aromatic heterocycles. The first-order valence-electron chi connectivity index (χ1n) is 14.5. The van der Waals surface area contributed by atoms with E-state index in [0.717, 1.165) is 35.2 Å². The number of hydrogen-bond acceptors (Lipinski definition) is 9. The zero-order chi connectivity index (χ0) is 30.1. The molecule has 1 saturated heterocycles. The molecule has 3 atom stereocenters. The number of fused-ring (bicyclic) bond motifs is 9. The van der Waals surface area contributed by atoms with Gasteiger partial charge in [-0.05, 0) is 42.0 Å². The SMILES string of the molecule is COC(=O)[C@@H]1C[C@@H]2CN1C(=O)[C@H](C(C)(C)C)Nc1nc(cs1)CC/C=C/c1cccc(c1)-c1nc3ccccc3nc1O2. The molecule has 1 fully saturated rings. The molecule has 1 amide bonds. The number of nitrogens with one attached hydrogen (secondary N) is 1. The number of allylic oxidation sites excluding steroid dienone is 1. The third kappa shape index (κ3) is 6.10. The maximum Gasteiger partial charge on any atom is 0.328 e. The molecule has 0 radical (unpaired) electrons. The van der Waals surface area contributed by atoms with Gasteiger partial charge in [-0.2, -0.15) is 0 Å². The molecule has 4 aromatic rings. The summed E-state index contributed by atoms with van der Waals surface area (Å²) < 4.78 is 11.7. The summed E-state index contributed by atoms with van der Waals surface area (Å²) in [7, 11) is 1.34. The zero-order valence-corrected chi connectivity index (χ0v) is 25.6. The number of aromatic nitrogens is 3. The summed E-state index contributed by atoms with van der Waals surface area (Å²) in [6.45, 7) is 6.20. The predicted octanol–water partition coefficient (Wildman–Crippen LogP) is 5.76. The number of thiazole rings is 1. The van der Waals surface area contributed by atoms with E-state index in [-0.39, 0.29) is 18.9 Å². The summed E-state index contributed by atoms with van der Waals surface area (Å²) in [6.07, 6.45) is 5.60.